The van der Waals surface area contributed by atoms with Crippen LogP contribution in [0.15, 0.2) is 0 Å². The van der Waals surface area contributed by atoms with E-state index in [1.54, 1.807) is 0 Å². The van der Waals surface area contributed by atoms with Crippen molar-refractivity contribution in [3.8, 4) is 0 Å². The van der Waals surface area contributed by atoms with Gasteiger partial charge in [-0.3, -0.25) is 14.5 Å². The first-order chi connectivity index (χ1) is 8.41. The number of carbonyl (C=O) groups excluding carboxylic acids is 2. The third-order valence-electron chi connectivity index (χ3n) is 3.34. The molecule has 104 valence electrons. The Morgan fingerprint density at radius 3 is 2.56 bits per heavy atom. The van der Waals surface area contributed by atoms with Crippen LogP contribution in [0.2, 0.25) is 0 Å². The molecule has 1 rings (SSSR count). The number of amides is 1. The van der Waals surface area contributed by atoms with Crippen LogP contribution in [-0.2, 0) is 14.3 Å². The van der Waals surface area contributed by atoms with Gasteiger partial charge in [-0.2, -0.15) is 0 Å². The van der Waals surface area contributed by atoms with Crippen LogP contribution in [0.3, 0.4) is 0 Å². The molecular formula is C13H24N2O3. The summed E-state index contributed by atoms with van der Waals surface area (Å²) in [5.41, 5.74) is 0. The fraction of sp³-hybridized carbons (Fsp3) is 0.846. The number of ketones is 1. The molecule has 5 nitrogen and oxygen atoms in total. The van der Waals surface area contributed by atoms with E-state index < -0.39 is 0 Å². The second-order valence-electron chi connectivity index (χ2n) is 5.33. The van der Waals surface area contributed by atoms with Gasteiger partial charge in [0.25, 0.3) is 0 Å². The van der Waals surface area contributed by atoms with Gasteiger partial charge in [0, 0.05) is 12.6 Å². The van der Waals surface area contributed by atoms with E-state index in [0.29, 0.717) is 19.2 Å². The van der Waals surface area contributed by atoms with Crippen LogP contribution in [0.1, 0.15) is 27.2 Å². The first-order valence-electron chi connectivity index (χ1n) is 6.49. The molecule has 1 amide bonds. The molecule has 1 saturated heterocycles. The van der Waals surface area contributed by atoms with Gasteiger partial charge in [0.1, 0.15) is 0 Å². The van der Waals surface area contributed by atoms with Crippen LogP contribution in [0.4, 0.5) is 0 Å². The van der Waals surface area contributed by atoms with Crippen molar-refractivity contribution < 1.29 is 14.3 Å². The highest BCUT2D eigenvalue weighted by atomic mass is 16.5. The van der Waals surface area contributed by atoms with Crippen molar-refractivity contribution >= 4 is 11.7 Å². The van der Waals surface area contributed by atoms with Gasteiger partial charge in [0.2, 0.25) is 5.91 Å². The summed E-state index contributed by atoms with van der Waals surface area (Å²) in [6, 6.07) is -0.0729. The zero-order valence-corrected chi connectivity index (χ0v) is 11.7. The smallest absolute Gasteiger partial charge is 0.234 e. The van der Waals surface area contributed by atoms with E-state index in [0.717, 1.165) is 13.0 Å². The SMILES string of the molecule is CC(=O)C(NC(=O)CN(C)C1CCOC1)C(C)C. The van der Waals surface area contributed by atoms with Gasteiger partial charge in [0.05, 0.1) is 19.2 Å². The van der Waals surface area contributed by atoms with Crippen molar-refractivity contribution in [3.63, 3.8) is 0 Å². The van der Waals surface area contributed by atoms with Crippen molar-refractivity contribution in [1.29, 1.82) is 0 Å². The second-order valence-corrected chi connectivity index (χ2v) is 5.33. The molecule has 1 heterocycles. The number of rotatable bonds is 6. The average Bonchev–Trinajstić information content (AvgIpc) is 2.78. The number of likely N-dealkylation sites (N-methyl/N-ethyl adjacent to an activating group) is 1. The molecule has 1 aliphatic rings. The minimum absolute atomic E-state index is 0.00482. The Kier molecular flexibility index (Phi) is 5.75. The van der Waals surface area contributed by atoms with Crippen LogP contribution in [0, 0.1) is 5.92 Å². The molecule has 0 saturated carbocycles. The van der Waals surface area contributed by atoms with Gasteiger partial charge in [-0.1, -0.05) is 13.8 Å². The predicted molar refractivity (Wildman–Crippen MR) is 69.3 cm³/mol. The molecule has 0 aliphatic carbocycles. The Bertz CT molecular complexity index is 299. The topological polar surface area (TPSA) is 58.6 Å². The summed E-state index contributed by atoms with van der Waals surface area (Å²) < 4.78 is 5.29. The van der Waals surface area contributed by atoms with E-state index in [2.05, 4.69) is 5.32 Å². The Hall–Kier alpha value is -0.940. The molecule has 0 spiro atoms. The summed E-state index contributed by atoms with van der Waals surface area (Å²) in [6.07, 6.45) is 0.962. The first kappa shape index (κ1) is 15.1. The molecule has 0 radical (unpaired) electrons. The highest BCUT2D eigenvalue weighted by Crippen LogP contribution is 2.10. The number of nitrogens with one attached hydrogen (secondary N) is 1. The third-order valence-corrected chi connectivity index (χ3v) is 3.34. The number of nitrogens with zero attached hydrogens (tertiary/aromatic N) is 1. The molecule has 18 heavy (non-hydrogen) atoms. The van der Waals surface area contributed by atoms with Gasteiger partial charge in [-0.15, -0.1) is 0 Å². The summed E-state index contributed by atoms with van der Waals surface area (Å²) >= 11 is 0. The molecule has 1 fully saturated rings. The fourth-order valence-corrected chi connectivity index (χ4v) is 2.18. The lowest BCUT2D eigenvalue weighted by molar-refractivity contribution is -0.128. The van der Waals surface area contributed by atoms with E-state index in [9.17, 15) is 9.59 Å². The largest absolute Gasteiger partial charge is 0.380 e. The van der Waals surface area contributed by atoms with Crippen molar-refractivity contribution in [2.45, 2.75) is 39.3 Å². The molecule has 1 N–H and O–H groups in total. The quantitative estimate of drug-likeness (QED) is 0.749. The molecule has 2 atom stereocenters. The first-order valence-corrected chi connectivity index (χ1v) is 6.49. The molecule has 1 aliphatic heterocycles. The number of ether oxygens (including phenoxy) is 1. The molecular weight excluding hydrogens is 232 g/mol. The predicted octanol–water partition coefficient (Wildman–Crippen LogP) is 0.437. The zero-order valence-electron chi connectivity index (χ0n) is 11.7. The summed E-state index contributed by atoms with van der Waals surface area (Å²) in [5, 5.41) is 2.80. The highest BCUT2D eigenvalue weighted by Gasteiger charge is 2.24. The molecule has 0 aromatic heterocycles. The monoisotopic (exact) mass is 256 g/mol. The lowest BCUT2D eigenvalue weighted by atomic mass is 10.0. The molecule has 0 aromatic carbocycles. The van der Waals surface area contributed by atoms with Crippen molar-refractivity contribution in [3.05, 3.63) is 0 Å². The minimum atomic E-state index is -0.384. The Morgan fingerprint density at radius 1 is 1.44 bits per heavy atom. The standard InChI is InChI=1S/C13H24N2O3/c1-9(2)13(10(3)16)14-12(17)7-15(4)11-5-6-18-8-11/h9,11,13H,5-8H2,1-4H3,(H,14,17). The Morgan fingerprint density at radius 2 is 2.11 bits per heavy atom. The molecule has 2 unspecified atom stereocenters. The van der Waals surface area contributed by atoms with Gasteiger partial charge < -0.3 is 10.1 Å². The Balaban J connectivity index is 2.42. The summed E-state index contributed by atoms with van der Waals surface area (Å²) in [7, 11) is 1.91. The lowest BCUT2D eigenvalue weighted by Crippen LogP contribution is -2.48. The number of hydrogen-bond donors (Lipinski definition) is 1. The maximum absolute atomic E-state index is 11.9. The number of hydrogen-bond acceptors (Lipinski definition) is 4. The van der Waals surface area contributed by atoms with E-state index in [-0.39, 0.29) is 23.7 Å². The molecule has 0 bridgehead atoms. The van der Waals surface area contributed by atoms with E-state index in [1.807, 2.05) is 25.8 Å². The summed E-state index contributed by atoms with van der Waals surface area (Å²) in [5.74, 6) is 0.0232. The minimum Gasteiger partial charge on any atom is -0.380 e. The van der Waals surface area contributed by atoms with Crippen LogP contribution >= 0.6 is 0 Å². The Labute approximate surface area is 109 Å². The summed E-state index contributed by atoms with van der Waals surface area (Å²) in [6.45, 7) is 7.13. The third kappa shape index (κ3) is 4.38. The zero-order chi connectivity index (χ0) is 13.7. The molecule has 0 aromatic rings. The van der Waals surface area contributed by atoms with E-state index in [4.69, 9.17) is 4.74 Å². The fourth-order valence-electron chi connectivity index (χ4n) is 2.18. The second kappa shape index (κ2) is 6.85. The van der Waals surface area contributed by atoms with Gasteiger partial charge in [0.15, 0.2) is 5.78 Å². The van der Waals surface area contributed by atoms with Crippen molar-refractivity contribution in [2.75, 3.05) is 26.8 Å². The van der Waals surface area contributed by atoms with Crippen LogP contribution in [0.25, 0.3) is 0 Å². The normalized spacial score (nSPS) is 21.3. The van der Waals surface area contributed by atoms with E-state index >= 15 is 0 Å². The van der Waals surface area contributed by atoms with Crippen LogP contribution < -0.4 is 5.32 Å². The van der Waals surface area contributed by atoms with Gasteiger partial charge in [-0.05, 0) is 26.3 Å². The van der Waals surface area contributed by atoms with Gasteiger partial charge >= 0.3 is 0 Å². The van der Waals surface area contributed by atoms with Crippen LogP contribution in [-0.4, -0.2) is 55.5 Å². The van der Waals surface area contributed by atoms with E-state index in [1.165, 1.54) is 6.92 Å². The maximum atomic E-state index is 11.9. The average molecular weight is 256 g/mol. The lowest BCUT2D eigenvalue weighted by Gasteiger charge is -2.25. The summed E-state index contributed by atoms with van der Waals surface area (Å²) in [4.78, 5) is 25.3. The maximum Gasteiger partial charge on any atom is 0.234 e. The highest BCUT2D eigenvalue weighted by molar-refractivity contribution is 5.88. The van der Waals surface area contributed by atoms with Crippen molar-refractivity contribution in [1.82, 2.24) is 10.2 Å². The van der Waals surface area contributed by atoms with Crippen LogP contribution in [0.5, 0.6) is 0 Å². The van der Waals surface area contributed by atoms with Gasteiger partial charge in [-0.25, -0.2) is 0 Å². The van der Waals surface area contributed by atoms with Crippen molar-refractivity contribution in [2.24, 2.45) is 5.92 Å². The number of carbonyl (C=O) groups is 2. The molecule has 5 heteroatoms. The number of Topliss-reactive ketones (excluding diaryl/α,β-unsaturated/α-hetero) is 1.